The van der Waals surface area contributed by atoms with Gasteiger partial charge in [0.15, 0.2) is 0 Å². The molecule has 0 aliphatic carbocycles. The van der Waals surface area contributed by atoms with Gasteiger partial charge in [0.25, 0.3) is 0 Å². The summed E-state index contributed by atoms with van der Waals surface area (Å²) in [6.07, 6.45) is 1.97. The summed E-state index contributed by atoms with van der Waals surface area (Å²) in [5, 5.41) is 5.61. The molecule has 2 aromatic rings. The van der Waals surface area contributed by atoms with Crippen molar-refractivity contribution in [2.75, 3.05) is 11.1 Å². The molecule has 2 atom stereocenters. The van der Waals surface area contributed by atoms with Crippen molar-refractivity contribution in [3.8, 4) is 0 Å². The first-order valence-corrected chi connectivity index (χ1v) is 11.0. The number of benzene rings is 1. The molecule has 1 aromatic carbocycles. The number of aryl methyl sites for hydroxylation is 2. The van der Waals surface area contributed by atoms with Gasteiger partial charge in [0, 0.05) is 22.4 Å². The molecule has 0 fully saturated rings. The van der Waals surface area contributed by atoms with Gasteiger partial charge in [0.05, 0.1) is 5.75 Å². The van der Waals surface area contributed by atoms with Crippen LogP contribution in [-0.4, -0.2) is 26.9 Å². The largest absolute Gasteiger partial charge is 0.325 e. The number of hydrogen-bond donors (Lipinski definition) is 1. The fourth-order valence-corrected chi connectivity index (χ4v) is 5.76. The van der Waals surface area contributed by atoms with E-state index in [0.29, 0.717) is 16.9 Å². The smallest absolute Gasteiger partial charge is 0.234 e. The molecule has 1 aromatic heterocycles. The SMILES string of the molecule is CCc1ccccc1NC(=O)CSc1nc(C)nc2c1C(CC)C(C)S2. The molecule has 1 amide bonds. The first-order chi connectivity index (χ1) is 12.5. The fourth-order valence-electron chi connectivity index (χ4n) is 3.35. The summed E-state index contributed by atoms with van der Waals surface area (Å²) in [6, 6.07) is 7.96. The number of rotatable bonds is 6. The molecule has 0 radical (unpaired) electrons. The quantitative estimate of drug-likeness (QED) is 0.554. The van der Waals surface area contributed by atoms with Crippen molar-refractivity contribution in [2.45, 2.75) is 61.8 Å². The number of para-hydroxylation sites is 1. The van der Waals surface area contributed by atoms with Gasteiger partial charge in [-0.3, -0.25) is 4.79 Å². The number of nitrogens with one attached hydrogen (secondary N) is 1. The zero-order valence-electron chi connectivity index (χ0n) is 15.7. The second-order valence-electron chi connectivity index (χ2n) is 6.48. The van der Waals surface area contributed by atoms with Crippen LogP contribution in [0.2, 0.25) is 0 Å². The predicted octanol–water partition coefficient (Wildman–Crippen LogP) is 5.07. The number of aromatic nitrogens is 2. The van der Waals surface area contributed by atoms with Gasteiger partial charge in [-0.05, 0) is 31.4 Å². The maximum absolute atomic E-state index is 12.5. The van der Waals surface area contributed by atoms with Gasteiger partial charge in [-0.15, -0.1) is 11.8 Å². The monoisotopic (exact) mass is 387 g/mol. The van der Waals surface area contributed by atoms with Gasteiger partial charge >= 0.3 is 0 Å². The Labute approximate surface area is 164 Å². The summed E-state index contributed by atoms with van der Waals surface area (Å²) in [5.41, 5.74) is 3.29. The molecule has 6 heteroatoms. The summed E-state index contributed by atoms with van der Waals surface area (Å²) in [7, 11) is 0. The topological polar surface area (TPSA) is 54.9 Å². The van der Waals surface area contributed by atoms with Gasteiger partial charge in [-0.1, -0.05) is 50.7 Å². The van der Waals surface area contributed by atoms with Crippen LogP contribution in [0.15, 0.2) is 34.3 Å². The molecule has 1 N–H and O–H groups in total. The molecule has 0 bridgehead atoms. The van der Waals surface area contributed by atoms with Crippen LogP contribution in [0.4, 0.5) is 5.69 Å². The normalized spacial score (nSPS) is 18.6. The molecule has 2 heterocycles. The Balaban J connectivity index is 1.73. The number of amides is 1. The van der Waals surface area contributed by atoms with Crippen LogP contribution in [0, 0.1) is 6.92 Å². The first kappa shape index (κ1) is 19.2. The third-order valence-corrected chi connectivity index (χ3v) is 6.90. The lowest BCUT2D eigenvalue weighted by atomic mass is 9.96. The van der Waals surface area contributed by atoms with Crippen LogP contribution >= 0.6 is 23.5 Å². The van der Waals surface area contributed by atoms with E-state index < -0.39 is 0 Å². The standard InChI is InChI=1S/C20H25N3OS2/c1-5-14-9-7-8-10-16(14)23-17(24)11-25-19-18-15(6-2)12(3)26-20(18)22-13(4)21-19/h7-10,12,15H,5-6,11H2,1-4H3,(H,23,24). The van der Waals surface area contributed by atoms with E-state index in [1.165, 1.54) is 17.3 Å². The molecule has 1 aliphatic heterocycles. The van der Waals surface area contributed by atoms with Crippen molar-refractivity contribution in [1.29, 1.82) is 0 Å². The highest BCUT2D eigenvalue weighted by atomic mass is 32.2. The average molecular weight is 388 g/mol. The number of hydrogen-bond acceptors (Lipinski definition) is 5. The molecule has 2 unspecified atom stereocenters. The Bertz CT molecular complexity index is 810. The molecule has 26 heavy (non-hydrogen) atoms. The van der Waals surface area contributed by atoms with Gasteiger partial charge in [-0.2, -0.15) is 0 Å². The Morgan fingerprint density at radius 1 is 1.27 bits per heavy atom. The van der Waals surface area contributed by atoms with Crippen molar-refractivity contribution >= 4 is 35.1 Å². The molecule has 3 rings (SSSR count). The van der Waals surface area contributed by atoms with Crippen molar-refractivity contribution in [2.24, 2.45) is 0 Å². The lowest BCUT2D eigenvalue weighted by molar-refractivity contribution is -0.113. The van der Waals surface area contributed by atoms with E-state index in [9.17, 15) is 4.79 Å². The summed E-state index contributed by atoms with van der Waals surface area (Å²) >= 11 is 3.35. The number of thioether (sulfide) groups is 2. The number of carbonyl (C=O) groups excluding carboxylic acids is 1. The van der Waals surface area contributed by atoms with E-state index in [2.05, 4.69) is 36.1 Å². The molecular weight excluding hydrogens is 362 g/mol. The highest BCUT2D eigenvalue weighted by Gasteiger charge is 2.33. The fraction of sp³-hybridized carbons (Fsp3) is 0.450. The molecular formula is C20H25N3OS2. The molecule has 0 saturated heterocycles. The first-order valence-electron chi connectivity index (χ1n) is 9.09. The maximum Gasteiger partial charge on any atom is 0.234 e. The third kappa shape index (κ3) is 4.07. The van der Waals surface area contributed by atoms with E-state index in [-0.39, 0.29) is 5.91 Å². The second kappa shape index (κ2) is 8.44. The Morgan fingerprint density at radius 2 is 2.04 bits per heavy atom. The van der Waals surface area contributed by atoms with Crippen LogP contribution in [0.3, 0.4) is 0 Å². The number of carbonyl (C=O) groups is 1. The number of nitrogens with zero attached hydrogens (tertiary/aromatic N) is 2. The molecule has 1 aliphatic rings. The minimum atomic E-state index is 0.00709. The second-order valence-corrected chi connectivity index (χ2v) is 8.81. The van der Waals surface area contributed by atoms with Crippen LogP contribution in [0.1, 0.15) is 50.1 Å². The van der Waals surface area contributed by atoms with Crippen LogP contribution in [0.25, 0.3) is 0 Å². The highest BCUT2D eigenvalue weighted by Crippen LogP contribution is 2.48. The van der Waals surface area contributed by atoms with E-state index in [1.807, 2.05) is 43.0 Å². The molecule has 0 spiro atoms. The van der Waals surface area contributed by atoms with Crippen molar-refractivity contribution < 1.29 is 4.79 Å². The highest BCUT2D eigenvalue weighted by molar-refractivity contribution is 8.01. The Kier molecular flexibility index (Phi) is 6.24. The zero-order valence-corrected chi connectivity index (χ0v) is 17.3. The Morgan fingerprint density at radius 3 is 2.77 bits per heavy atom. The van der Waals surface area contributed by atoms with Crippen molar-refractivity contribution in [3.63, 3.8) is 0 Å². The van der Waals surface area contributed by atoms with E-state index in [0.717, 1.165) is 40.0 Å². The lowest BCUT2D eigenvalue weighted by Crippen LogP contribution is -2.16. The van der Waals surface area contributed by atoms with Crippen LogP contribution in [-0.2, 0) is 11.2 Å². The molecule has 138 valence electrons. The van der Waals surface area contributed by atoms with Gasteiger partial charge in [0.2, 0.25) is 5.91 Å². The van der Waals surface area contributed by atoms with Crippen molar-refractivity contribution in [3.05, 3.63) is 41.2 Å². The van der Waals surface area contributed by atoms with Crippen LogP contribution in [0.5, 0.6) is 0 Å². The summed E-state index contributed by atoms with van der Waals surface area (Å²) in [6.45, 7) is 8.47. The summed E-state index contributed by atoms with van der Waals surface area (Å²) in [4.78, 5) is 21.7. The van der Waals surface area contributed by atoms with E-state index in [4.69, 9.17) is 0 Å². The Hall–Kier alpha value is -1.53. The summed E-state index contributed by atoms with van der Waals surface area (Å²) in [5.74, 6) is 1.60. The minimum absolute atomic E-state index is 0.00709. The van der Waals surface area contributed by atoms with E-state index >= 15 is 0 Å². The van der Waals surface area contributed by atoms with E-state index in [1.54, 1.807) is 0 Å². The average Bonchev–Trinajstić information content (AvgIpc) is 2.94. The predicted molar refractivity (Wildman–Crippen MR) is 110 cm³/mol. The van der Waals surface area contributed by atoms with Crippen LogP contribution < -0.4 is 5.32 Å². The zero-order chi connectivity index (χ0) is 18.7. The van der Waals surface area contributed by atoms with Gasteiger partial charge in [0.1, 0.15) is 15.9 Å². The molecule has 4 nitrogen and oxygen atoms in total. The molecule has 0 saturated carbocycles. The summed E-state index contributed by atoms with van der Waals surface area (Å²) < 4.78 is 0. The minimum Gasteiger partial charge on any atom is -0.325 e. The van der Waals surface area contributed by atoms with Crippen molar-refractivity contribution in [1.82, 2.24) is 9.97 Å². The number of fused-ring (bicyclic) bond motifs is 1. The lowest BCUT2D eigenvalue weighted by Gasteiger charge is -2.15. The third-order valence-electron chi connectivity index (χ3n) is 4.67. The maximum atomic E-state index is 12.5. The van der Waals surface area contributed by atoms with Gasteiger partial charge in [-0.25, -0.2) is 9.97 Å². The number of anilines is 1. The van der Waals surface area contributed by atoms with Gasteiger partial charge < -0.3 is 5.32 Å².